The van der Waals surface area contributed by atoms with Gasteiger partial charge in [0.15, 0.2) is 0 Å². The van der Waals surface area contributed by atoms with Crippen LogP contribution in [-0.2, 0) is 4.74 Å². The number of amides is 1. The average Bonchev–Trinajstić information content (AvgIpc) is 1.63. The SMILES string of the molecule is CC(N)C(=N)OC(N)=O. The molecule has 1 unspecified atom stereocenters. The Labute approximate surface area is 52.5 Å². The monoisotopic (exact) mass is 131 g/mol. The van der Waals surface area contributed by atoms with Crippen molar-refractivity contribution in [2.24, 2.45) is 11.5 Å². The van der Waals surface area contributed by atoms with Crippen molar-refractivity contribution in [1.29, 1.82) is 5.41 Å². The number of carbonyl (C=O) groups excluding carboxylic acids is 1. The van der Waals surface area contributed by atoms with Crippen LogP contribution in [0.15, 0.2) is 0 Å². The summed E-state index contributed by atoms with van der Waals surface area (Å²) in [7, 11) is 0. The largest absolute Gasteiger partial charge is 0.411 e. The molecule has 0 spiro atoms. The van der Waals surface area contributed by atoms with Crippen LogP contribution >= 0.6 is 0 Å². The van der Waals surface area contributed by atoms with Gasteiger partial charge in [-0.05, 0) is 6.92 Å². The van der Waals surface area contributed by atoms with Crippen molar-refractivity contribution >= 4 is 12.0 Å². The van der Waals surface area contributed by atoms with Gasteiger partial charge in [0.25, 0.3) is 0 Å². The Balaban J connectivity index is 3.64. The first-order chi connectivity index (χ1) is 4.04. The van der Waals surface area contributed by atoms with Crippen molar-refractivity contribution < 1.29 is 9.53 Å². The Bertz CT molecular complexity index is 132. The molecule has 0 rings (SSSR count). The molecule has 5 nitrogen and oxygen atoms in total. The topological polar surface area (TPSA) is 102 Å². The lowest BCUT2D eigenvalue weighted by atomic mass is 10.4. The maximum atomic E-state index is 9.92. The highest BCUT2D eigenvalue weighted by molar-refractivity contribution is 5.88. The quantitative estimate of drug-likeness (QED) is 0.327. The van der Waals surface area contributed by atoms with Gasteiger partial charge in [-0.3, -0.25) is 5.41 Å². The summed E-state index contributed by atoms with van der Waals surface area (Å²) in [5.74, 6) is -0.317. The molecule has 0 saturated heterocycles. The van der Waals surface area contributed by atoms with Crippen LogP contribution in [0.25, 0.3) is 0 Å². The Morgan fingerprint density at radius 2 is 2.22 bits per heavy atom. The predicted octanol–water partition coefficient (Wildman–Crippen LogP) is -0.594. The van der Waals surface area contributed by atoms with Crippen molar-refractivity contribution in [3.63, 3.8) is 0 Å². The molecule has 0 fully saturated rings. The summed E-state index contributed by atoms with van der Waals surface area (Å²) < 4.78 is 4.11. The molecule has 0 aliphatic carbocycles. The van der Waals surface area contributed by atoms with E-state index in [-0.39, 0.29) is 5.90 Å². The second-order valence-corrected chi connectivity index (χ2v) is 1.57. The van der Waals surface area contributed by atoms with Gasteiger partial charge in [-0.1, -0.05) is 0 Å². The van der Waals surface area contributed by atoms with E-state index in [1.807, 2.05) is 0 Å². The number of nitrogens with two attached hydrogens (primary N) is 2. The second kappa shape index (κ2) is 3.03. The van der Waals surface area contributed by atoms with E-state index >= 15 is 0 Å². The smallest absolute Gasteiger partial charge is 0.394 e. The number of hydrogen-bond acceptors (Lipinski definition) is 4. The van der Waals surface area contributed by atoms with Gasteiger partial charge >= 0.3 is 6.09 Å². The van der Waals surface area contributed by atoms with Crippen LogP contribution in [0, 0.1) is 5.41 Å². The van der Waals surface area contributed by atoms with Gasteiger partial charge in [0.05, 0.1) is 6.04 Å². The minimum Gasteiger partial charge on any atom is -0.394 e. The molecule has 0 aliphatic rings. The summed E-state index contributed by atoms with van der Waals surface area (Å²) in [6.45, 7) is 1.52. The number of ether oxygens (including phenoxy) is 1. The van der Waals surface area contributed by atoms with Gasteiger partial charge < -0.3 is 16.2 Å². The molecular formula is C4H9N3O2. The number of nitrogens with one attached hydrogen (secondary N) is 1. The molecule has 0 aromatic carbocycles. The highest BCUT2D eigenvalue weighted by Crippen LogP contribution is 1.82. The summed E-state index contributed by atoms with van der Waals surface area (Å²) in [5, 5.41) is 6.83. The predicted molar refractivity (Wildman–Crippen MR) is 32.0 cm³/mol. The van der Waals surface area contributed by atoms with Gasteiger partial charge in [-0.15, -0.1) is 0 Å². The summed E-state index contributed by atoms with van der Waals surface area (Å²) >= 11 is 0. The van der Waals surface area contributed by atoms with Gasteiger partial charge in [0.2, 0.25) is 5.90 Å². The van der Waals surface area contributed by atoms with Gasteiger partial charge in [-0.2, -0.15) is 0 Å². The van der Waals surface area contributed by atoms with Gasteiger partial charge in [0, 0.05) is 0 Å². The van der Waals surface area contributed by atoms with Crippen LogP contribution in [0.3, 0.4) is 0 Å². The lowest BCUT2D eigenvalue weighted by Gasteiger charge is -2.03. The summed E-state index contributed by atoms with van der Waals surface area (Å²) in [6.07, 6.45) is -1.00. The fourth-order valence-corrected chi connectivity index (χ4v) is 0.201. The first-order valence-corrected chi connectivity index (χ1v) is 2.35. The van der Waals surface area contributed by atoms with Crippen LogP contribution < -0.4 is 11.5 Å². The van der Waals surface area contributed by atoms with Crippen LogP contribution in [-0.4, -0.2) is 18.0 Å². The van der Waals surface area contributed by atoms with Gasteiger partial charge in [-0.25, -0.2) is 4.79 Å². The number of primary amides is 1. The molecular weight excluding hydrogens is 122 g/mol. The lowest BCUT2D eigenvalue weighted by Crippen LogP contribution is -2.31. The Morgan fingerprint density at radius 1 is 1.78 bits per heavy atom. The van der Waals surface area contributed by atoms with Crippen molar-refractivity contribution in [2.75, 3.05) is 0 Å². The molecule has 0 bridgehead atoms. The van der Waals surface area contributed by atoms with E-state index in [2.05, 4.69) is 10.5 Å². The molecule has 0 saturated carbocycles. The lowest BCUT2D eigenvalue weighted by molar-refractivity contribution is 0.205. The molecule has 0 radical (unpaired) electrons. The number of rotatable bonds is 1. The zero-order chi connectivity index (χ0) is 7.44. The van der Waals surface area contributed by atoms with Crippen LogP contribution in [0.2, 0.25) is 0 Å². The third-order valence-electron chi connectivity index (χ3n) is 0.624. The van der Waals surface area contributed by atoms with E-state index in [0.717, 1.165) is 0 Å². The van der Waals surface area contributed by atoms with E-state index < -0.39 is 12.1 Å². The van der Waals surface area contributed by atoms with E-state index in [9.17, 15) is 4.79 Å². The van der Waals surface area contributed by atoms with Crippen molar-refractivity contribution in [3.05, 3.63) is 0 Å². The third-order valence-corrected chi connectivity index (χ3v) is 0.624. The zero-order valence-corrected chi connectivity index (χ0v) is 5.05. The highest BCUT2D eigenvalue weighted by atomic mass is 16.6. The van der Waals surface area contributed by atoms with Gasteiger partial charge in [0.1, 0.15) is 0 Å². The molecule has 1 atom stereocenters. The van der Waals surface area contributed by atoms with Crippen molar-refractivity contribution in [1.82, 2.24) is 0 Å². The minimum atomic E-state index is -1.00. The van der Waals surface area contributed by atoms with E-state index in [4.69, 9.17) is 11.1 Å². The summed E-state index contributed by atoms with van der Waals surface area (Å²) in [4.78, 5) is 9.92. The zero-order valence-electron chi connectivity index (χ0n) is 5.05. The highest BCUT2D eigenvalue weighted by Gasteiger charge is 2.05. The standard InChI is InChI=1S/C4H9N3O2/c1-2(5)3(6)9-4(7)8/h2,6H,5H2,1H3,(H2,7,8). The van der Waals surface area contributed by atoms with E-state index in [0.29, 0.717) is 0 Å². The molecule has 0 aliphatic heterocycles. The summed E-state index contributed by atoms with van der Waals surface area (Å²) in [6, 6.07) is -0.586. The maximum absolute atomic E-state index is 9.92. The maximum Gasteiger partial charge on any atom is 0.411 e. The Kier molecular flexibility index (Phi) is 2.66. The van der Waals surface area contributed by atoms with E-state index in [1.54, 1.807) is 0 Å². The van der Waals surface area contributed by atoms with Crippen molar-refractivity contribution in [2.45, 2.75) is 13.0 Å². The number of carbonyl (C=O) groups is 1. The first-order valence-electron chi connectivity index (χ1n) is 2.35. The molecule has 5 heteroatoms. The summed E-state index contributed by atoms with van der Waals surface area (Å²) in [5.41, 5.74) is 9.70. The normalized spacial score (nSPS) is 12.2. The molecule has 1 amide bonds. The first kappa shape index (κ1) is 7.90. The average molecular weight is 131 g/mol. The van der Waals surface area contributed by atoms with Crippen LogP contribution in [0.1, 0.15) is 6.92 Å². The molecule has 52 valence electrons. The molecule has 0 heterocycles. The second-order valence-electron chi connectivity index (χ2n) is 1.57. The van der Waals surface area contributed by atoms with Crippen molar-refractivity contribution in [3.8, 4) is 0 Å². The third kappa shape index (κ3) is 3.48. The van der Waals surface area contributed by atoms with E-state index in [1.165, 1.54) is 6.92 Å². The molecule has 9 heavy (non-hydrogen) atoms. The Hall–Kier alpha value is -1.10. The molecule has 0 aromatic heterocycles. The Morgan fingerprint density at radius 3 is 2.33 bits per heavy atom. The van der Waals surface area contributed by atoms with Crippen LogP contribution in [0.4, 0.5) is 4.79 Å². The molecule has 0 aromatic rings. The fourth-order valence-electron chi connectivity index (χ4n) is 0.201. The van der Waals surface area contributed by atoms with Crippen LogP contribution in [0.5, 0.6) is 0 Å². The fraction of sp³-hybridized carbons (Fsp3) is 0.500. The number of hydrogen-bond donors (Lipinski definition) is 3. The minimum absolute atomic E-state index is 0.317. The molecule has 5 N–H and O–H groups in total.